The Morgan fingerprint density at radius 3 is 2.53 bits per heavy atom. The summed E-state index contributed by atoms with van der Waals surface area (Å²) < 4.78 is 5.33. The van der Waals surface area contributed by atoms with Crippen LogP contribution in [-0.4, -0.2) is 71.8 Å². The average Bonchev–Trinajstić information content (AvgIpc) is 2.86. The van der Waals surface area contributed by atoms with Crippen LogP contribution in [0.3, 0.4) is 0 Å². The molecule has 3 heterocycles. The van der Waals surface area contributed by atoms with E-state index in [4.69, 9.17) is 4.74 Å². The van der Waals surface area contributed by atoms with E-state index in [1.165, 1.54) is 0 Å². The summed E-state index contributed by atoms with van der Waals surface area (Å²) >= 11 is 0. The molecule has 3 aliphatic heterocycles. The second-order valence-corrected chi connectivity index (χ2v) is 5.98. The Morgan fingerprint density at radius 1 is 1.11 bits per heavy atom. The second-order valence-electron chi connectivity index (χ2n) is 5.98. The summed E-state index contributed by atoms with van der Waals surface area (Å²) in [7, 11) is 0. The summed E-state index contributed by atoms with van der Waals surface area (Å²) in [5.41, 5.74) is 0. The van der Waals surface area contributed by atoms with Crippen molar-refractivity contribution < 1.29 is 14.6 Å². The van der Waals surface area contributed by atoms with Crippen LogP contribution in [0.15, 0.2) is 0 Å². The number of ether oxygens (including phenoxy) is 1. The lowest BCUT2D eigenvalue weighted by Crippen LogP contribution is -2.53. The SMILES string of the molecule is O=C1CCCCN1C1CCN(C2COCC2O)CC1. The molecule has 2 unspecified atom stereocenters. The van der Waals surface area contributed by atoms with Crippen molar-refractivity contribution in [3.8, 4) is 0 Å². The van der Waals surface area contributed by atoms with Gasteiger partial charge in [-0.05, 0) is 25.7 Å². The first-order valence-corrected chi connectivity index (χ1v) is 7.55. The van der Waals surface area contributed by atoms with Gasteiger partial charge in [0.2, 0.25) is 5.91 Å². The van der Waals surface area contributed by atoms with Crippen molar-refractivity contribution in [3.63, 3.8) is 0 Å². The molecule has 1 amide bonds. The maximum absolute atomic E-state index is 11.9. The van der Waals surface area contributed by atoms with E-state index >= 15 is 0 Å². The van der Waals surface area contributed by atoms with Crippen molar-refractivity contribution in [2.75, 3.05) is 32.8 Å². The van der Waals surface area contributed by atoms with Crippen LogP contribution < -0.4 is 0 Å². The molecule has 0 aromatic carbocycles. The van der Waals surface area contributed by atoms with Crippen LogP contribution in [0.5, 0.6) is 0 Å². The Kier molecular flexibility index (Phi) is 4.05. The molecule has 0 spiro atoms. The molecule has 3 aliphatic rings. The minimum atomic E-state index is -0.340. The standard InChI is InChI=1S/C14H24N2O3/c17-13-10-19-9-12(13)15-7-4-11(5-8-15)16-6-2-1-3-14(16)18/h11-13,17H,1-10H2. The fraction of sp³-hybridized carbons (Fsp3) is 0.929. The lowest BCUT2D eigenvalue weighted by atomic mass is 9.98. The van der Waals surface area contributed by atoms with Gasteiger partial charge >= 0.3 is 0 Å². The van der Waals surface area contributed by atoms with Crippen LogP contribution >= 0.6 is 0 Å². The third-order valence-electron chi connectivity index (χ3n) is 4.79. The van der Waals surface area contributed by atoms with Crippen LogP contribution in [0, 0.1) is 0 Å². The van der Waals surface area contributed by atoms with Gasteiger partial charge in [0.1, 0.15) is 0 Å². The van der Waals surface area contributed by atoms with Crippen molar-refractivity contribution in [2.45, 2.75) is 50.3 Å². The zero-order valence-corrected chi connectivity index (χ0v) is 11.5. The maximum atomic E-state index is 11.9. The molecular formula is C14H24N2O3. The summed E-state index contributed by atoms with van der Waals surface area (Å²) in [6.45, 7) is 4.00. The largest absolute Gasteiger partial charge is 0.389 e. The van der Waals surface area contributed by atoms with Gasteiger partial charge in [-0.3, -0.25) is 9.69 Å². The van der Waals surface area contributed by atoms with Crippen molar-refractivity contribution in [2.24, 2.45) is 0 Å². The molecule has 3 saturated heterocycles. The second kappa shape index (κ2) is 5.77. The third-order valence-corrected chi connectivity index (χ3v) is 4.79. The first-order valence-electron chi connectivity index (χ1n) is 7.55. The quantitative estimate of drug-likeness (QED) is 0.778. The fourth-order valence-electron chi connectivity index (χ4n) is 3.62. The van der Waals surface area contributed by atoms with Gasteiger partial charge in [-0.15, -0.1) is 0 Å². The van der Waals surface area contributed by atoms with E-state index in [0.717, 1.165) is 51.7 Å². The molecule has 19 heavy (non-hydrogen) atoms. The van der Waals surface area contributed by atoms with Gasteiger partial charge in [0.15, 0.2) is 0 Å². The van der Waals surface area contributed by atoms with Crippen molar-refractivity contribution in [3.05, 3.63) is 0 Å². The average molecular weight is 268 g/mol. The van der Waals surface area contributed by atoms with Crippen LogP contribution in [-0.2, 0) is 9.53 Å². The Labute approximate surface area is 114 Å². The lowest BCUT2D eigenvalue weighted by molar-refractivity contribution is -0.137. The van der Waals surface area contributed by atoms with Gasteiger partial charge in [0.05, 0.1) is 25.4 Å². The predicted octanol–water partition coefficient (Wildman–Crippen LogP) is 0.223. The maximum Gasteiger partial charge on any atom is 0.222 e. The fourth-order valence-corrected chi connectivity index (χ4v) is 3.62. The monoisotopic (exact) mass is 268 g/mol. The van der Waals surface area contributed by atoms with Gasteiger partial charge in [-0.25, -0.2) is 0 Å². The van der Waals surface area contributed by atoms with E-state index in [1.807, 2.05) is 0 Å². The van der Waals surface area contributed by atoms with E-state index in [0.29, 0.717) is 25.2 Å². The molecule has 0 bridgehead atoms. The number of aliphatic hydroxyl groups is 1. The van der Waals surface area contributed by atoms with Crippen LogP contribution in [0.2, 0.25) is 0 Å². The summed E-state index contributed by atoms with van der Waals surface area (Å²) in [5.74, 6) is 0.342. The number of piperidine rings is 2. The molecule has 5 heteroatoms. The minimum Gasteiger partial charge on any atom is -0.389 e. The molecule has 2 atom stereocenters. The third kappa shape index (κ3) is 2.78. The van der Waals surface area contributed by atoms with E-state index in [2.05, 4.69) is 9.80 Å². The van der Waals surface area contributed by atoms with Crippen LogP contribution in [0.4, 0.5) is 0 Å². The molecule has 0 aromatic rings. The summed E-state index contributed by atoms with van der Waals surface area (Å²) in [6.07, 6.45) is 4.67. The van der Waals surface area contributed by atoms with Crippen molar-refractivity contribution in [1.29, 1.82) is 0 Å². The summed E-state index contributed by atoms with van der Waals surface area (Å²) in [5, 5.41) is 9.87. The lowest BCUT2D eigenvalue weighted by Gasteiger charge is -2.42. The summed E-state index contributed by atoms with van der Waals surface area (Å²) in [6, 6.07) is 0.585. The first-order chi connectivity index (χ1) is 9.25. The van der Waals surface area contributed by atoms with Crippen molar-refractivity contribution in [1.82, 2.24) is 9.80 Å². The zero-order valence-electron chi connectivity index (χ0n) is 11.5. The number of amides is 1. The molecule has 108 valence electrons. The number of likely N-dealkylation sites (tertiary alicyclic amines) is 2. The number of carbonyl (C=O) groups excluding carboxylic acids is 1. The Hall–Kier alpha value is -0.650. The normalized spacial score (nSPS) is 35.0. The Morgan fingerprint density at radius 2 is 1.89 bits per heavy atom. The highest BCUT2D eigenvalue weighted by Gasteiger charge is 2.36. The Bertz CT molecular complexity index is 329. The molecule has 0 aromatic heterocycles. The number of rotatable bonds is 2. The number of hydrogen-bond donors (Lipinski definition) is 1. The van der Waals surface area contributed by atoms with Gasteiger partial charge in [0, 0.05) is 32.1 Å². The molecule has 0 saturated carbocycles. The number of carbonyl (C=O) groups is 1. The van der Waals surface area contributed by atoms with E-state index in [-0.39, 0.29) is 12.1 Å². The molecular weight excluding hydrogens is 244 g/mol. The minimum absolute atomic E-state index is 0.165. The smallest absolute Gasteiger partial charge is 0.222 e. The van der Waals surface area contributed by atoms with Gasteiger partial charge in [-0.1, -0.05) is 0 Å². The number of aliphatic hydroxyl groups excluding tert-OH is 1. The number of nitrogens with zero attached hydrogens (tertiary/aromatic N) is 2. The predicted molar refractivity (Wildman–Crippen MR) is 70.8 cm³/mol. The molecule has 0 aliphatic carbocycles. The zero-order chi connectivity index (χ0) is 13.2. The van der Waals surface area contributed by atoms with Gasteiger partial charge in [-0.2, -0.15) is 0 Å². The topological polar surface area (TPSA) is 53.0 Å². The highest BCUT2D eigenvalue weighted by Crippen LogP contribution is 2.24. The van der Waals surface area contributed by atoms with E-state index < -0.39 is 0 Å². The number of hydrogen-bond acceptors (Lipinski definition) is 4. The summed E-state index contributed by atoms with van der Waals surface area (Å²) in [4.78, 5) is 16.4. The van der Waals surface area contributed by atoms with E-state index in [1.54, 1.807) is 0 Å². The molecule has 1 N–H and O–H groups in total. The van der Waals surface area contributed by atoms with E-state index in [9.17, 15) is 9.90 Å². The van der Waals surface area contributed by atoms with Crippen LogP contribution in [0.1, 0.15) is 32.1 Å². The highest BCUT2D eigenvalue weighted by atomic mass is 16.5. The molecule has 0 radical (unpaired) electrons. The van der Waals surface area contributed by atoms with Gasteiger partial charge < -0.3 is 14.7 Å². The first kappa shape index (κ1) is 13.3. The molecule has 3 fully saturated rings. The highest BCUT2D eigenvalue weighted by molar-refractivity contribution is 5.77. The molecule has 5 nitrogen and oxygen atoms in total. The Balaban J connectivity index is 1.52. The molecule has 3 rings (SSSR count). The van der Waals surface area contributed by atoms with Gasteiger partial charge in [0.25, 0.3) is 0 Å². The van der Waals surface area contributed by atoms with Crippen LogP contribution in [0.25, 0.3) is 0 Å². The van der Waals surface area contributed by atoms with Crippen molar-refractivity contribution >= 4 is 5.91 Å².